The van der Waals surface area contributed by atoms with Crippen LogP contribution in [0.2, 0.25) is 0 Å². The van der Waals surface area contributed by atoms with Crippen molar-refractivity contribution in [3.63, 3.8) is 0 Å². The summed E-state index contributed by atoms with van der Waals surface area (Å²) in [5.74, 6) is 1.80. The Morgan fingerprint density at radius 1 is 1.29 bits per heavy atom. The molecular weight excluding hydrogens is 218 g/mol. The van der Waals surface area contributed by atoms with Crippen molar-refractivity contribution in [3.05, 3.63) is 24.0 Å². The van der Waals surface area contributed by atoms with Crippen LogP contribution in [0.5, 0.6) is 0 Å². The summed E-state index contributed by atoms with van der Waals surface area (Å²) in [5, 5.41) is 3.87. The highest BCUT2D eigenvalue weighted by Crippen LogP contribution is 2.20. The average molecular weight is 233 g/mol. The Morgan fingerprint density at radius 2 is 2.06 bits per heavy atom. The molecule has 0 aliphatic carbocycles. The van der Waals surface area contributed by atoms with Gasteiger partial charge >= 0.3 is 0 Å². The number of hydrogen-bond acceptors (Lipinski definition) is 6. The van der Waals surface area contributed by atoms with E-state index in [2.05, 4.69) is 20.1 Å². The monoisotopic (exact) mass is 233 g/mol. The summed E-state index contributed by atoms with van der Waals surface area (Å²) in [6.45, 7) is 5.82. The van der Waals surface area contributed by atoms with Gasteiger partial charge in [-0.3, -0.25) is 0 Å². The van der Waals surface area contributed by atoms with Gasteiger partial charge in [-0.2, -0.15) is 4.98 Å². The fraction of sp³-hybridized carbons (Fsp3) is 0.455. The van der Waals surface area contributed by atoms with Gasteiger partial charge in [0, 0.05) is 6.20 Å². The van der Waals surface area contributed by atoms with Crippen LogP contribution in [0.4, 0.5) is 0 Å². The molecule has 17 heavy (non-hydrogen) atoms. The minimum absolute atomic E-state index is 0.246. The molecule has 0 fully saturated rings. The summed E-state index contributed by atoms with van der Waals surface area (Å²) < 4.78 is 5.14. The van der Waals surface area contributed by atoms with Gasteiger partial charge in [-0.05, 0) is 18.9 Å². The van der Waals surface area contributed by atoms with Crippen molar-refractivity contribution in [2.24, 2.45) is 11.7 Å². The number of aromatic nitrogens is 4. The highest BCUT2D eigenvalue weighted by atomic mass is 16.5. The molecule has 0 aliphatic heterocycles. The molecule has 90 valence electrons. The maximum atomic E-state index is 5.93. The number of nitrogens with two attached hydrogens (primary N) is 1. The van der Waals surface area contributed by atoms with Crippen molar-refractivity contribution in [2.75, 3.05) is 0 Å². The first-order chi connectivity index (χ1) is 8.08. The molecule has 0 amide bonds. The number of nitrogens with zero attached hydrogens (tertiary/aromatic N) is 4. The van der Waals surface area contributed by atoms with Gasteiger partial charge in [0.05, 0.1) is 6.04 Å². The van der Waals surface area contributed by atoms with Gasteiger partial charge in [0.25, 0.3) is 0 Å². The van der Waals surface area contributed by atoms with Crippen LogP contribution < -0.4 is 5.73 Å². The van der Waals surface area contributed by atoms with Gasteiger partial charge in [0.2, 0.25) is 11.7 Å². The van der Waals surface area contributed by atoms with Crippen LogP contribution >= 0.6 is 0 Å². The molecular formula is C11H15N5O. The maximum absolute atomic E-state index is 5.93. The lowest BCUT2D eigenvalue weighted by Crippen LogP contribution is -2.16. The zero-order valence-corrected chi connectivity index (χ0v) is 10.1. The van der Waals surface area contributed by atoms with E-state index in [-0.39, 0.29) is 12.0 Å². The Hall–Kier alpha value is -1.82. The normalized spacial score (nSPS) is 13.0. The van der Waals surface area contributed by atoms with Crippen LogP contribution in [0.15, 0.2) is 16.8 Å². The molecule has 0 aliphatic rings. The van der Waals surface area contributed by atoms with Crippen LogP contribution in [0.25, 0.3) is 11.5 Å². The lowest BCUT2D eigenvalue weighted by Gasteiger charge is -2.09. The van der Waals surface area contributed by atoms with E-state index in [4.69, 9.17) is 10.3 Å². The van der Waals surface area contributed by atoms with E-state index in [1.807, 2.05) is 20.8 Å². The molecule has 0 aromatic carbocycles. The van der Waals surface area contributed by atoms with Gasteiger partial charge in [-0.1, -0.05) is 19.0 Å². The third-order valence-electron chi connectivity index (χ3n) is 2.45. The third kappa shape index (κ3) is 2.47. The Morgan fingerprint density at radius 3 is 2.71 bits per heavy atom. The van der Waals surface area contributed by atoms with Crippen LogP contribution in [0.3, 0.4) is 0 Å². The fourth-order valence-corrected chi connectivity index (χ4v) is 1.34. The summed E-state index contributed by atoms with van der Waals surface area (Å²) in [6, 6.07) is 1.49. The molecule has 1 unspecified atom stereocenters. The largest absolute Gasteiger partial charge is 0.337 e. The minimum atomic E-state index is -0.251. The predicted octanol–water partition coefficient (Wildman–Crippen LogP) is 1.49. The highest BCUT2D eigenvalue weighted by molar-refractivity contribution is 5.47. The van der Waals surface area contributed by atoms with E-state index in [9.17, 15) is 0 Å². The second kappa shape index (κ2) is 4.58. The number of aryl methyl sites for hydroxylation is 1. The van der Waals surface area contributed by atoms with Crippen LogP contribution in [-0.4, -0.2) is 20.1 Å². The van der Waals surface area contributed by atoms with Crippen molar-refractivity contribution in [1.82, 2.24) is 20.1 Å². The molecule has 2 aromatic rings. The summed E-state index contributed by atoms with van der Waals surface area (Å²) in [7, 11) is 0. The molecule has 2 heterocycles. The minimum Gasteiger partial charge on any atom is -0.337 e. The summed E-state index contributed by atoms with van der Waals surface area (Å²) >= 11 is 0. The van der Waals surface area contributed by atoms with E-state index in [0.29, 0.717) is 23.2 Å². The van der Waals surface area contributed by atoms with Crippen molar-refractivity contribution in [1.29, 1.82) is 0 Å². The lowest BCUT2D eigenvalue weighted by molar-refractivity contribution is 0.325. The molecule has 0 bridgehead atoms. The molecule has 6 nitrogen and oxygen atoms in total. The Labute approximate surface area is 99.3 Å². The average Bonchev–Trinajstić information content (AvgIpc) is 2.77. The van der Waals surface area contributed by atoms with Gasteiger partial charge < -0.3 is 10.3 Å². The Bertz CT molecular complexity index is 508. The quantitative estimate of drug-likeness (QED) is 0.863. The van der Waals surface area contributed by atoms with Crippen molar-refractivity contribution in [3.8, 4) is 11.5 Å². The first-order valence-electron chi connectivity index (χ1n) is 5.47. The van der Waals surface area contributed by atoms with E-state index < -0.39 is 0 Å². The zero-order chi connectivity index (χ0) is 12.4. The fourth-order valence-electron chi connectivity index (χ4n) is 1.34. The molecule has 0 saturated carbocycles. The predicted molar refractivity (Wildman–Crippen MR) is 61.8 cm³/mol. The number of hydrogen-bond donors (Lipinski definition) is 1. The topological polar surface area (TPSA) is 90.7 Å². The molecule has 2 rings (SSSR count). The van der Waals surface area contributed by atoms with Crippen LogP contribution in [0, 0.1) is 12.8 Å². The van der Waals surface area contributed by atoms with Crippen LogP contribution in [-0.2, 0) is 0 Å². The van der Waals surface area contributed by atoms with E-state index in [0.717, 1.165) is 0 Å². The molecule has 0 spiro atoms. The lowest BCUT2D eigenvalue weighted by atomic mass is 10.1. The highest BCUT2D eigenvalue weighted by Gasteiger charge is 2.19. The summed E-state index contributed by atoms with van der Waals surface area (Å²) in [4.78, 5) is 12.5. The van der Waals surface area contributed by atoms with Crippen molar-refractivity contribution < 1.29 is 4.52 Å². The summed E-state index contributed by atoms with van der Waals surface area (Å²) in [6.07, 6.45) is 1.66. The second-order valence-corrected chi connectivity index (χ2v) is 4.22. The van der Waals surface area contributed by atoms with Gasteiger partial charge in [-0.15, -0.1) is 0 Å². The van der Waals surface area contributed by atoms with Gasteiger partial charge in [-0.25, -0.2) is 9.97 Å². The molecule has 2 aromatic heterocycles. The van der Waals surface area contributed by atoms with Gasteiger partial charge in [0.15, 0.2) is 0 Å². The van der Waals surface area contributed by atoms with E-state index in [1.54, 1.807) is 12.3 Å². The number of rotatable bonds is 3. The molecule has 2 N–H and O–H groups in total. The molecule has 0 saturated heterocycles. The smallest absolute Gasteiger partial charge is 0.244 e. The van der Waals surface area contributed by atoms with E-state index in [1.165, 1.54) is 0 Å². The first-order valence-corrected chi connectivity index (χ1v) is 5.47. The maximum Gasteiger partial charge on any atom is 0.244 e. The summed E-state index contributed by atoms with van der Waals surface area (Å²) in [5.41, 5.74) is 6.57. The molecule has 0 radical (unpaired) electrons. The van der Waals surface area contributed by atoms with Crippen molar-refractivity contribution in [2.45, 2.75) is 26.8 Å². The standard InChI is InChI=1S/C11H15N5O/c1-6(2)9(12)11-15-10(16-17-11)8-4-5-13-7(3)14-8/h4-6,9H,12H2,1-3H3. The third-order valence-corrected chi connectivity index (χ3v) is 2.45. The SMILES string of the molecule is Cc1nccc(-c2noc(C(N)C(C)C)n2)n1. The second-order valence-electron chi connectivity index (χ2n) is 4.22. The van der Waals surface area contributed by atoms with E-state index >= 15 is 0 Å². The first kappa shape index (κ1) is 11.7. The van der Waals surface area contributed by atoms with Crippen molar-refractivity contribution >= 4 is 0 Å². The zero-order valence-electron chi connectivity index (χ0n) is 10.1. The molecule has 1 atom stereocenters. The Balaban J connectivity index is 2.30. The van der Waals surface area contributed by atoms with Gasteiger partial charge in [0.1, 0.15) is 11.5 Å². The Kier molecular flexibility index (Phi) is 3.14. The molecule has 6 heteroatoms. The van der Waals surface area contributed by atoms with Crippen LogP contribution in [0.1, 0.15) is 31.6 Å².